The molecule has 6 nitrogen and oxygen atoms in total. The molecule has 0 aromatic heterocycles. The maximum atomic E-state index is 14.5. The zero-order valence-electron chi connectivity index (χ0n) is 15.2. The minimum atomic E-state index is -1.34. The molecule has 0 fully saturated rings. The summed E-state index contributed by atoms with van der Waals surface area (Å²) in [5.74, 6) is -4.10. The van der Waals surface area contributed by atoms with E-state index < -0.39 is 29.0 Å². The van der Waals surface area contributed by atoms with Crippen molar-refractivity contribution in [3.63, 3.8) is 0 Å². The quantitative estimate of drug-likeness (QED) is 0.185. The van der Waals surface area contributed by atoms with Gasteiger partial charge in [-0.25, -0.2) is 18.7 Å². The van der Waals surface area contributed by atoms with Gasteiger partial charge in [0, 0.05) is 10.7 Å². The first kappa shape index (κ1) is 23.9. The van der Waals surface area contributed by atoms with E-state index in [0.29, 0.717) is 16.8 Å². The third-order valence-electron chi connectivity index (χ3n) is 3.52. The fraction of sp³-hybridized carbons (Fsp3) is 0.278. The highest BCUT2D eigenvalue weighted by atomic mass is 127. The monoisotopic (exact) mass is 588 g/mol. The van der Waals surface area contributed by atoms with Crippen LogP contribution < -0.4 is 10.8 Å². The Hall–Kier alpha value is -1.41. The molecule has 0 saturated heterocycles. The number of hydroxylamine groups is 1. The molecular formula is C18H17BrF3IN2O4. The van der Waals surface area contributed by atoms with Crippen LogP contribution in [0.3, 0.4) is 0 Å². The SMILES string of the molecule is COCCOCCONC(=O)c1cc(Br)c(F)c(F)c1Nc1ccc(I)cc1F. The van der Waals surface area contributed by atoms with Crippen LogP contribution in [-0.4, -0.2) is 39.4 Å². The molecule has 29 heavy (non-hydrogen) atoms. The molecule has 0 aliphatic heterocycles. The Kier molecular flexibility index (Phi) is 9.62. The highest BCUT2D eigenvalue weighted by Gasteiger charge is 2.23. The van der Waals surface area contributed by atoms with Crippen molar-refractivity contribution in [3.8, 4) is 0 Å². The average Bonchev–Trinajstić information content (AvgIpc) is 2.69. The summed E-state index contributed by atoms with van der Waals surface area (Å²) in [6.45, 7) is 0.984. The van der Waals surface area contributed by atoms with Crippen LogP contribution in [-0.2, 0) is 14.3 Å². The Morgan fingerprint density at radius 2 is 1.83 bits per heavy atom. The van der Waals surface area contributed by atoms with E-state index in [0.717, 1.165) is 6.07 Å². The van der Waals surface area contributed by atoms with Gasteiger partial charge in [0.2, 0.25) is 0 Å². The van der Waals surface area contributed by atoms with E-state index >= 15 is 0 Å². The van der Waals surface area contributed by atoms with Gasteiger partial charge in [0.05, 0.1) is 47.8 Å². The third kappa shape index (κ3) is 6.81. The zero-order chi connectivity index (χ0) is 21.4. The van der Waals surface area contributed by atoms with Crippen molar-refractivity contribution in [2.75, 3.05) is 38.9 Å². The number of anilines is 2. The number of ether oxygens (including phenoxy) is 2. The normalized spacial score (nSPS) is 10.8. The lowest BCUT2D eigenvalue weighted by Gasteiger charge is -2.15. The summed E-state index contributed by atoms with van der Waals surface area (Å²) in [5.41, 5.74) is 1.19. The molecule has 0 heterocycles. The Morgan fingerprint density at radius 1 is 1.10 bits per heavy atom. The summed E-state index contributed by atoms with van der Waals surface area (Å²) in [5, 5.41) is 2.44. The van der Waals surface area contributed by atoms with E-state index in [1.54, 1.807) is 6.07 Å². The maximum Gasteiger partial charge on any atom is 0.277 e. The summed E-state index contributed by atoms with van der Waals surface area (Å²) < 4.78 is 53.0. The van der Waals surface area contributed by atoms with Crippen molar-refractivity contribution >= 4 is 55.8 Å². The van der Waals surface area contributed by atoms with Gasteiger partial charge < -0.3 is 14.8 Å². The number of hydrogen-bond acceptors (Lipinski definition) is 5. The van der Waals surface area contributed by atoms with Crippen molar-refractivity contribution in [3.05, 3.63) is 55.3 Å². The van der Waals surface area contributed by atoms with Gasteiger partial charge >= 0.3 is 0 Å². The van der Waals surface area contributed by atoms with E-state index in [4.69, 9.17) is 14.3 Å². The van der Waals surface area contributed by atoms with Crippen molar-refractivity contribution in [1.82, 2.24) is 5.48 Å². The number of rotatable bonds is 10. The van der Waals surface area contributed by atoms with Gasteiger partial charge in [-0.05, 0) is 62.8 Å². The first-order valence-electron chi connectivity index (χ1n) is 8.23. The number of benzene rings is 2. The van der Waals surface area contributed by atoms with E-state index in [1.165, 1.54) is 19.2 Å². The van der Waals surface area contributed by atoms with Crippen molar-refractivity contribution < 1.29 is 32.3 Å². The Labute approximate surface area is 187 Å². The molecule has 2 rings (SSSR count). The summed E-state index contributed by atoms with van der Waals surface area (Å²) in [6, 6.07) is 5.21. The minimum absolute atomic E-state index is 0.0226. The fourth-order valence-corrected chi connectivity index (χ4v) is 2.99. The van der Waals surface area contributed by atoms with Crippen molar-refractivity contribution in [2.45, 2.75) is 0 Å². The molecule has 0 bridgehead atoms. The molecule has 0 unspecified atom stereocenters. The molecule has 2 aromatic carbocycles. The molecule has 0 aliphatic rings. The summed E-state index contributed by atoms with van der Waals surface area (Å²) in [7, 11) is 1.54. The smallest absolute Gasteiger partial charge is 0.277 e. The number of halogens is 5. The first-order valence-corrected chi connectivity index (χ1v) is 10.1. The number of hydrogen-bond donors (Lipinski definition) is 2. The lowest BCUT2D eigenvalue weighted by Crippen LogP contribution is -2.27. The molecule has 0 radical (unpaired) electrons. The van der Waals surface area contributed by atoms with Crippen LogP contribution in [0, 0.1) is 21.0 Å². The van der Waals surface area contributed by atoms with E-state index in [1.807, 2.05) is 22.6 Å². The van der Waals surface area contributed by atoms with Crippen LogP contribution in [0.1, 0.15) is 10.4 Å². The second kappa shape index (κ2) is 11.7. The summed E-state index contributed by atoms with van der Waals surface area (Å²) in [6.07, 6.45) is 0. The first-order chi connectivity index (χ1) is 13.8. The van der Waals surface area contributed by atoms with Crippen LogP contribution in [0.15, 0.2) is 28.7 Å². The Bertz CT molecular complexity index is 873. The predicted molar refractivity (Wildman–Crippen MR) is 113 cm³/mol. The molecule has 0 aliphatic carbocycles. The lowest BCUT2D eigenvalue weighted by molar-refractivity contribution is -0.00937. The van der Waals surface area contributed by atoms with Crippen LogP contribution >= 0.6 is 38.5 Å². The highest BCUT2D eigenvalue weighted by molar-refractivity contribution is 14.1. The van der Waals surface area contributed by atoms with Gasteiger partial charge in [-0.15, -0.1) is 0 Å². The van der Waals surface area contributed by atoms with Crippen molar-refractivity contribution in [2.24, 2.45) is 0 Å². The van der Waals surface area contributed by atoms with Crippen molar-refractivity contribution in [1.29, 1.82) is 0 Å². The number of methoxy groups -OCH3 is 1. The van der Waals surface area contributed by atoms with Gasteiger partial charge in [-0.1, -0.05) is 0 Å². The Balaban J connectivity index is 2.15. The minimum Gasteiger partial charge on any atom is -0.382 e. The van der Waals surface area contributed by atoms with Crippen LogP contribution in [0.5, 0.6) is 0 Å². The third-order valence-corrected chi connectivity index (χ3v) is 4.77. The molecule has 0 saturated carbocycles. The number of carbonyl (C=O) groups is 1. The second-order valence-corrected chi connectivity index (χ2v) is 7.64. The highest BCUT2D eigenvalue weighted by Crippen LogP contribution is 2.32. The Morgan fingerprint density at radius 3 is 2.52 bits per heavy atom. The van der Waals surface area contributed by atoms with Crippen LogP contribution in [0.4, 0.5) is 24.5 Å². The number of amides is 1. The molecule has 2 N–H and O–H groups in total. The van der Waals surface area contributed by atoms with Gasteiger partial charge in [0.15, 0.2) is 11.6 Å². The predicted octanol–water partition coefficient (Wildman–Crippen LogP) is 4.54. The molecule has 0 atom stereocenters. The molecule has 0 spiro atoms. The fourth-order valence-electron chi connectivity index (χ4n) is 2.14. The van der Waals surface area contributed by atoms with E-state index in [9.17, 15) is 18.0 Å². The standard InChI is InChI=1S/C18H17BrF3IN2O4/c1-27-4-5-28-6-7-29-25-18(26)11-9-12(19)15(21)16(22)17(11)24-14-3-2-10(23)8-13(14)20/h2-3,8-9,24H,4-7H2,1H3,(H,25,26). The zero-order valence-corrected chi connectivity index (χ0v) is 18.9. The molecular weight excluding hydrogens is 572 g/mol. The molecule has 1 amide bonds. The van der Waals surface area contributed by atoms with Gasteiger partial charge in [0.25, 0.3) is 5.91 Å². The number of nitrogens with one attached hydrogen (secondary N) is 2. The lowest BCUT2D eigenvalue weighted by atomic mass is 10.1. The van der Waals surface area contributed by atoms with E-state index in [2.05, 4.69) is 26.7 Å². The van der Waals surface area contributed by atoms with Gasteiger partial charge in [0.1, 0.15) is 5.82 Å². The van der Waals surface area contributed by atoms with E-state index in [-0.39, 0.29) is 28.9 Å². The largest absolute Gasteiger partial charge is 0.382 e. The summed E-state index contributed by atoms with van der Waals surface area (Å²) >= 11 is 4.77. The molecule has 158 valence electrons. The molecule has 11 heteroatoms. The van der Waals surface area contributed by atoms with Crippen LogP contribution in [0.2, 0.25) is 0 Å². The second-order valence-electron chi connectivity index (χ2n) is 5.54. The maximum absolute atomic E-state index is 14.5. The summed E-state index contributed by atoms with van der Waals surface area (Å²) in [4.78, 5) is 17.4. The molecule has 2 aromatic rings. The van der Waals surface area contributed by atoms with Gasteiger partial charge in [-0.2, -0.15) is 0 Å². The average molecular weight is 589 g/mol. The topological polar surface area (TPSA) is 68.8 Å². The number of carbonyl (C=O) groups excluding carboxylic acids is 1. The van der Waals surface area contributed by atoms with Gasteiger partial charge in [-0.3, -0.25) is 9.63 Å². The van der Waals surface area contributed by atoms with Crippen LogP contribution in [0.25, 0.3) is 0 Å².